The first kappa shape index (κ1) is 15.3. The number of anilines is 1. The molecule has 1 heterocycles. The van der Waals surface area contributed by atoms with Crippen LogP contribution in [0.15, 0.2) is 30.5 Å². The maximum Gasteiger partial charge on any atom is 0.256 e. The Morgan fingerprint density at radius 3 is 2.62 bits per heavy atom. The Balaban J connectivity index is 2.25. The van der Waals surface area contributed by atoms with Gasteiger partial charge in [-0.15, -0.1) is 0 Å². The minimum absolute atomic E-state index is 0.0767. The lowest BCUT2D eigenvalue weighted by Gasteiger charge is -2.12. The molecule has 21 heavy (non-hydrogen) atoms. The molecule has 0 saturated carbocycles. The van der Waals surface area contributed by atoms with Gasteiger partial charge in [-0.3, -0.25) is 4.79 Å². The van der Waals surface area contributed by atoms with Crippen LogP contribution in [0.4, 0.5) is 5.82 Å². The lowest BCUT2D eigenvalue weighted by atomic mass is 10.2. The third-order valence-corrected chi connectivity index (χ3v) is 3.41. The monoisotopic (exact) mass is 304 g/mol. The van der Waals surface area contributed by atoms with E-state index in [1.807, 2.05) is 13.8 Å². The van der Waals surface area contributed by atoms with Crippen LogP contribution in [0.3, 0.4) is 0 Å². The van der Waals surface area contributed by atoms with Crippen LogP contribution in [0.5, 0.6) is 0 Å². The van der Waals surface area contributed by atoms with Crippen LogP contribution in [0.2, 0.25) is 5.02 Å². The van der Waals surface area contributed by atoms with E-state index in [-0.39, 0.29) is 23.3 Å². The highest BCUT2D eigenvalue weighted by molar-refractivity contribution is 6.30. The molecule has 0 radical (unpaired) electrons. The molecule has 0 bridgehead atoms. The molecule has 2 aromatic rings. The van der Waals surface area contributed by atoms with Crippen molar-refractivity contribution in [3.05, 3.63) is 41.0 Å². The van der Waals surface area contributed by atoms with E-state index in [1.165, 1.54) is 6.20 Å². The minimum atomic E-state index is -0.260. The van der Waals surface area contributed by atoms with Gasteiger partial charge in [0.05, 0.1) is 5.56 Å². The molecule has 0 aliphatic heterocycles. The first-order valence-electron chi connectivity index (χ1n) is 6.70. The lowest BCUT2D eigenvalue weighted by molar-refractivity contribution is 0.0939. The second kappa shape index (κ2) is 6.54. The van der Waals surface area contributed by atoms with Gasteiger partial charge in [0.1, 0.15) is 5.82 Å². The van der Waals surface area contributed by atoms with Crippen LogP contribution < -0.4 is 11.1 Å². The number of carbonyl (C=O) groups excluding carboxylic acids is 1. The van der Waals surface area contributed by atoms with Crippen molar-refractivity contribution in [3.8, 4) is 11.4 Å². The van der Waals surface area contributed by atoms with Crippen molar-refractivity contribution < 1.29 is 4.79 Å². The van der Waals surface area contributed by atoms with E-state index in [0.717, 1.165) is 12.0 Å². The summed E-state index contributed by atoms with van der Waals surface area (Å²) in [5.74, 6) is 0.365. The van der Waals surface area contributed by atoms with Crippen LogP contribution >= 0.6 is 11.6 Å². The van der Waals surface area contributed by atoms with Crippen LogP contribution in [-0.2, 0) is 0 Å². The maximum atomic E-state index is 12.0. The predicted octanol–water partition coefficient (Wildman–Crippen LogP) is 2.91. The summed E-state index contributed by atoms with van der Waals surface area (Å²) in [6.07, 6.45) is 2.29. The van der Waals surface area contributed by atoms with Gasteiger partial charge < -0.3 is 11.1 Å². The number of nitrogens with zero attached hydrogens (tertiary/aromatic N) is 2. The van der Waals surface area contributed by atoms with Gasteiger partial charge in [0.15, 0.2) is 5.82 Å². The molecule has 5 nitrogen and oxygen atoms in total. The molecule has 1 aromatic heterocycles. The molecule has 2 rings (SSSR count). The summed E-state index contributed by atoms with van der Waals surface area (Å²) in [4.78, 5) is 20.4. The first-order chi connectivity index (χ1) is 10.0. The second-order valence-electron chi connectivity index (χ2n) is 4.78. The van der Waals surface area contributed by atoms with Gasteiger partial charge in [-0.1, -0.05) is 18.5 Å². The van der Waals surface area contributed by atoms with E-state index < -0.39 is 0 Å². The van der Waals surface area contributed by atoms with Crippen LogP contribution in [0.1, 0.15) is 30.6 Å². The van der Waals surface area contributed by atoms with E-state index in [0.29, 0.717) is 10.8 Å². The maximum absolute atomic E-state index is 12.0. The number of aromatic nitrogens is 2. The molecule has 0 saturated heterocycles. The molecule has 0 aliphatic carbocycles. The van der Waals surface area contributed by atoms with E-state index in [9.17, 15) is 4.79 Å². The van der Waals surface area contributed by atoms with Crippen molar-refractivity contribution in [1.29, 1.82) is 0 Å². The second-order valence-corrected chi connectivity index (χ2v) is 5.22. The third-order valence-electron chi connectivity index (χ3n) is 3.16. The van der Waals surface area contributed by atoms with Crippen molar-refractivity contribution >= 4 is 23.3 Å². The highest BCUT2D eigenvalue weighted by atomic mass is 35.5. The van der Waals surface area contributed by atoms with Crippen molar-refractivity contribution in [2.45, 2.75) is 26.3 Å². The molecule has 1 aromatic carbocycles. The number of hydrogen-bond acceptors (Lipinski definition) is 4. The van der Waals surface area contributed by atoms with Crippen molar-refractivity contribution in [1.82, 2.24) is 15.3 Å². The summed E-state index contributed by atoms with van der Waals surface area (Å²) in [7, 11) is 0. The highest BCUT2D eigenvalue weighted by Crippen LogP contribution is 2.20. The fourth-order valence-corrected chi connectivity index (χ4v) is 1.84. The number of hydrogen-bond donors (Lipinski definition) is 2. The first-order valence-corrected chi connectivity index (χ1v) is 7.08. The largest absolute Gasteiger partial charge is 0.383 e. The molecular formula is C15H17ClN4O. The Labute approximate surface area is 128 Å². The number of halogens is 1. The highest BCUT2D eigenvalue weighted by Gasteiger charge is 2.14. The normalized spacial score (nSPS) is 12.0. The quantitative estimate of drug-likeness (QED) is 0.910. The molecular weight excluding hydrogens is 288 g/mol. The fraction of sp³-hybridized carbons (Fsp3) is 0.267. The van der Waals surface area contributed by atoms with Gasteiger partial charge in [0.25, 0.3) is 5.91 Å². The van der Waals surface area contributed by atoms with Gasteiger partial charge in [-0.25, -0.2) is 9.97 Å². The van der Waals surface area contributed by atoms with E-state index in [4.69, 9.17) is 17.3 Å². The molecule has 0 spiro atoms. The van der Waals surface area contributed by atoms with Crippen LogP contribution in [0, 0.1) is 0 Å². The molecule has 110 valence electrons. The molecule has 6 heteroatoms. The SMILES string of the molecule is CCC(C)NC(=O)c1cnc(-c2ccc(Cl)cc2)nc1N. The van der Waals surface area contributed by atoms with Gasteiger partial charge in [-0.2, -0.15) is 0 Å². The van der Waals surface area contributed by atoms with Crippen molar-refractivity contribution in [2.75, 3.05) is 5.73 Å². The molecule has 3 N–H and O–H groups in total. The van der Waals surface area contributed by atoms with E-state index >= 15 is 0 Å². The number of nitrogens with one attached hydrogen (secondary N) is 1. The van der Waals surface area contributed by atoms with Crippen LogP contribution in [-0.4, -0.2) is 21.9 Å². The summed E-state index contributed by atoms with van der Waals surface area (Å²) in [5, 5.41) is 3.47. The molecule has 1 unspecified atom stereocenters. The smallest absolute Gasteiger partial charge is 0.256 e. The van der Waals surface area contributed by atoms with Crippen molar-refractivity contribution in [3.63, 3.8) is 0 Å². The van der Waals surface area contributed by atoms with Crippen LogP contribution in [0.25, 0.3) is 11.4 Å². The summed E-state index contributed by atoms with van der Waals surface area (Å²) < 4.78 is 0. The van der Waals surface area contributed by atoms with Crippen molar-refractivity contribution in [2.24, 2.45) is 0 Å². The predicted molar refractivity (Wildman–Crippen MR) is 84.1 cm³/mol. The standard InChI is InChI=1S/C15H17ClN4O/c1-3-9(2)19-15(21)12-8-18-14(20-13(12)17)10-4-6-11(16)7-5-10/h4-9H,3H2,1-2H3,(H,19,21)(H2,17,18,20). The Bertz CT molecular complexity index is 643. The third kappa shape index (κ3) is 3.70. The number of nitrogen functional groups attached to an aromatic ring is 1. The zero-order valence-corrected chi connectivity index (χ0v) is 12.7. The van der Waals surface area contributed by atoms with Gasteiger partial charge in [0.2, 0.25) is 0 Å². The molecule has 1 amide bonds. The summed E-state index contributed by atoms with van der Waals surface area (Å²) in [6.45, 7) is 3.92. The number of carbonyl (C=O) groups is 1. The number of nitrogens with two attached hydrogens (primary N) is 1. The lowest BCUT2D eigenvalue weighted by Crippen LogP contribution is -2.32. The summed E-state index contributed by atoms with van der Waals surface area (Å²) in [5.41, 5.74) is 6.95. The van der Waals surface area contributed by atoms with Gasteiger partial charge in [0, 0.05) is 22.8 Å². The Hall–Kier alpha value is -2.14. The van der Waals surface area contributed by atoms with E-state index in [2.05, 4.69) is 15.3 Å². The average Bonchev–Trinajstić information content (AvgIpc) is 2.47. The topological polar surface area (TPSA) is 80.9 Å². The number of benzene rings is 1. The number of rotatable bonds is 4. The van der Waals surface area contributed by atoms with E-state index in [1.54, 1.807) is 24.3 Å². The Morgan fingerprint density at radius 1 is 1.38 bits per heavy atom. The Kier molecular flexibility index (Phi) is 4.75. The summed E-state index contributed by atoms with van der Waals surface area (Å²) in [6, 6.07) is 7.18. The number of amides is 1. The molecule has 0 fully saturated rings. The minimum Gasteiger partial charge on any atom is -0.383 e. The fourth-order valence-electron chi connectivity index (χ4n) is 1.71. The summed E-state index contributed by atoms with van der Waals surface area (Å²) >= 11 is 5.84. The molecule has 1 atom stereocenters. The molecule has 0 aliphatic rings. The van der Waals surface area contributed by atoms with Gasteiger partial charge >= 0.3 is 0 Å². The zero-order valence-electron chi connectivity index (χ0n) is 11.9. The van der Waals surface area contributed by atoms with Gasteiger partial charge in [-0.05, 0) is 37.6 Å². The Morgan fingerprint density at radius 2 is 2.05 bits per heavy atom. The average molecular weight is 305 g/mol. The zero-order chi connectivity index (χ0) is 15.4.